The average molecular weight is 373 g/mol. The van der Waals surface area contributed by atoms with Crippen LogP contribution in [0.3, 0.4) is 0 Å². The minimum Gasteiger partial charge on any atom is -0.486 e. The van der Waals surface area contributed by atoms with Gasteiger partial charge >= 0.3 is 6.61 Å². The molecule has 0 fully saturated rings. The Kier molecular flexibility index (Phi) is 5.71. The molecule has 0 aliphatic carbocycles. The number of benzene rings is 2. The molecule has 7 heteroatoms. The van der Waals surface area contributed by atoms with Gasteiger partial charge in [-0.1, -0.05) is 24.3 Å². The highest BCUT2D eigenvalue weighted by atomic mass is 19.3. The SMILES string of the molecule is Cc1cccc(OCc2ccc(C(=O)Nc3ccccc3OC(F)F)o2)c1. The van der Waals surface area contributed by atoms with E-state index in [-0.39, 0.29) is 23.8 Å². The Morgan fingerprint density at radius 2 is 1.93 bits per heavy atom. The second-order valence-electron chi connectivity index (χ2n) is 5.70. The summed E-state index contributed by atoms with van der Waals surface area (Å²) in [5.74, 6) is 0.469. The van der Waals surface area contributed by atoms with Crippen LogP contribution in [0.25, 0.3) is 0 Å². The standard InChI is InChI=1S/C20H17F2NO4/c1-13-5-4-6-14(11-13)25-12-15-9-10-18(26-15)19(24)23-16-7-2-3-8-17(16)27-20(21)22/h2-11,20H,12H2,1H3,(H,23,24). The van der Waals surface area contributed by atoms with Crippen molar-refractivity contribution < 1.29 is 27.5 Å². The van der Waals surface area contributed by atoms with Gasteiger partial charge in [0, 0.05) is 0 Å². The second kappa shape index (κ2) is 8.35. The minimum atomic E-state index is -2.99. The maximum Gasteiger partial charge on any atom is 0.387 e. The number of furan rings is 1. The van der Waals surface area contributed by atoms with E-state index in [0.717, 1.165) is 5.56 Å². The Morgan fingerprint density at radius 3 is 2.70 bits per heavy atom. The van der Waals surface area contributed by atoms with Crippen molar-refractivity contribution in [3.05, 3.63) is 77.7 Å². The van der Waals surface area contributed by atoms with Crippen LogP contribution in [0.1, 0.15) is 21.9 Å². The summed E-state index contributed by atoms with van der Waals surface area (Å²) < 4.78 is 40.4. The number of hydrogen-bond acceptors (Lipinski definition) is 4. The van der Waals surface area contributed by atoms with Crippen LogP contribution in [0.15, 0.2) is 65.1 Å². The molecule has 3 rings (SSSR count). The van der Waals surface area contributed by atoms with Crippen LogP contribution in [0.2, 0.25) is 0 Å². The minimum absolute atomic E-state index is 0.0321. The lowest BCUT2D eigenvalue weighted by Gasteiger charge is -2.10. The first kappa shape index (κ1) is 18.4. The van der Waals surface area contributed by atoms with Gasteiger partial charge in [-0.25, -0.2) is 0 Å². The molecule has 1 amide bonds. The summed E-state index contributed by atoms with van der Waals surface area (Å²) in [6, 6.07) is 16.6. The molecule has 2 aromatic carbocycles. The molecule has 140 valence electrons. The number of hydrogen-bond donors (Lipinski definition) is 1. The number of anilines is 1. The summed E-state index contributed by atoms with van der Waals surface area (Å²) >= 11 is 0. The van der Waals surface area contributed by atoms with E-state index >= 15 is 0 Å². The van der Waals surface area contributed by atoms with Crippen LogP contribution < -0.4 is 14.8 Å². The number of nitrogens with one attached hydrogen (secondary N) is 1. The molecule has 1 N–H and O–H groups in total. The summed E-state index contributed by atoms with van der Waals surface area (Å²) in [4.78, 5) is 12.3. The molecule has 27 heavy (non-hydrogen) atoms. The van der Waals surface area contributed by atoms with Crippen molar-refractivity contribution in [3.8, 4) is 11.5 Å². The zero-order chi connectivity index (χ0) is 19.2. The van der Waals surface area contributed by atoms with Crippen molar-refractivity contribution in [1.29, 1.82) is 0 Å². The van der Waals surface area contributed by atoms with Crippen LogP contribution >= 0.6 is 0 Å². The average Bonchev–Trinajstić information content (AvgIpc) is 3.10. The van der Waals surface area contributed by atoms with E-state index in [1.807, 2.05) is 31.2 Å². The molecule has 0 saturated carbocycles. The first-order valence-corrected chi connectivity index (χ1v) is 8.14. The van der Waals surface area contributed by atoms with Gasteiger partial charge in [0.2, 0.25) is 0 Å². The van der Waals surface area contributed by atoms with Crippen molar-refractivity contribution in [2.75, 3.05) is 5.32 Å². The Bertz CT molecular complexity index is 924. The molecular weight excluding hydrogens is 356 g/mol. The summed E-state index contributed by atoms with van der Waals surface area (Å²) in [5.41, 5.74) is 1.19. The number of rotatable bonds is 7. The number of halogens is 2. The molecule has 1 aromatic heterocycles. The lowest BCUT2D eigenvalue weighted by atomic mass is 10.2. The van der Waals surface area contributed by atoms with Gasteiger partial charge in [-0.3, -0.25) is 4.79 Å². The summed E-state index contributed by atoms with van der Waals surface area (Å²) in [6.07, 6.45) is 0. The van der Waals surface area contributed by atoms with Crippen LogP contribution in [0.5, 0.6) is 11.5 Å². The third-order valence-corrected chi connectivity index (χ3v) is 3.61. The third-order valence-electron chi connectivity index (χ3n) is 3.61. The summed E-state index contributed by atoms with van der Waals surface area (Å²) in [5, 5.41) is 2.49. The van der Waals surface area contributed by atoms with Crippen LogP contribution in [0.4, 0.5) is 14.5 Å². The lowest BCUT2D eigenvalue weighted by molar-refractivity contribution is -0.0493. The van der Waals surface area contributed by atoms with E-state index in [9.17, 15) is 13.6 Å². The van der Waals surface area contributed by atoms with Crippen LogP contribution in [-0.2, 0) is 6.61 Å². The molecule has 1 heterocycles. The maximum atomic E-state index is 12.4. The second-order valence-corrected chi connectivity index (χ2v) is 5.70. The van der Waals surface area contributed by atoms with Gasteiger partial charge in [-0.05, 0) is 48.9 Å². The van der Waals surface area contributed by atoms with E-state index in [2.05, 4.69) is 10.1 Å². The topological polar surface area (TPSA) is 60.7 Å². The van der Waals surface area contributed by atoms with Crippen LogP contribution in [-0.4, -0.2) is 12.5 Å². The number of amides is 1. The van der Waals surface area contributed by atoms with Gasteiger partial charge in [-0.15, -0.1) is 0 Å². The largest absolute Gasteiger partial charge is 0.486 e. The van der Waals surface area contributed by atoms with E-state index < -0.39 is 12.5 Å². The molecule has 0 atom stereocenters. The number of aryl methyl sites for hydroxylation is 1. The predicted molar refractivity (Wildman–Crippen MR) is 95.2 cm³/mol. The van der Waals surface area contributed by atoms with E-state index in [1.165, 1.54) is 24.3 Å². The van der Waals surface area contributed by atoms with E-state index in [1.54, 1.807) is 12.1 Å². The quantitative estimate of drug-likeness (QED) is 0.632. The fourth-order valence-electron chi connectivity index (χ4n) is 2.39. The number of alkyl halides is 2. The zero-order valence-electron chi connectivity index (χ0n) is 14.4. The van der Waals surface area contributed by atoms with Crippen molar-refractivity contribution in [2.24, 2.45) is 0 Å². The number of carbonyl (C=O) groups is 1. The fraction of sp³-hybridized carbons (Fsp3) is 0.150. The third kappa shape index (κ3) is 5.07. The van der Waals surface area contributed by atoms with Gasteiger partial charge in [0.25, 0.3) is 5.91 Å². The molecule has 0 bridgehead atoms. The molecule has 0 saturated heterocycles. The smallest absolute Gasteiger partial charge is 0.387 e. The maximum absolute atomic E-state index is 12.4. The van der Waals surface area contributed by atoms with Crippen molar-refractivity contribution in [2.45, 2.75) is 20.1 Å². The van der Waals surface area contributed by atoms with Crippen LogP contribution in [0, 0.1) is 6.92 Å². The van der Waals surface area contributed by atoms with Gasteiger partial charge in [0.05, 0.1) is 5.69 Å². The number of ether oxygens (including phenoxy) is 2. The Hall–Kier alpha value is -3.35. The monoisotopic (exact) mass is 373 g/mol. The predicted octanol–water partition coefficient (Wildman–Crippen LogP) is 5.02. The highest BCUT2D eigenvalue weighted by molar-refractivity contribution is 6.03. The molecule has 3 aromatic rings. The fourth-order valence-corrected chi connectivity index (χ4v) is 2.39. The Labute approximate surface area is 154 Å². The van der Waals surface area contributed by atoms with Crippen molar-refractivity contribution in [1.82, 2.24) is 0 Å². The summed E-state index contributed by atoms with van der Waals surface area (Å²) in [7, 11) is 0. The highest BCUT2D eigenvalue weighted by Gasteiger charge is 2.15. The van der Waals surface area contributed by atoms with Gasteiger partial charge in [-0.2, -0.15) is 8.78 Å². The Morgan fingerprint density at radius 1 is 1.11 bits per heavy atom. The molecule has 0 spiro atoms. The first-order valence-electron chi connectivity index (χ1n) is 8.14. The molecule has 0 radical (unpaired) electrons. The van der Waals surface area contributed by atoms with E-state index in [4.69, 9.17) is 9.15 Å². The zero-order valence-corrected chi connectivity index (χ0v) is 14.4. The van der Waals surface area contributed by atoms with Crippen molar-refractivity contribution in [3.63, 3.8) is 0 Å². The van der Waals surface area contributed by atoms with E-state index in [0.29, 0.717) is 11.5 Å². The number of para-hydroxylation sites is 2. The molecule has 0 unspecified atom stereocenters. The van der Waals surface area contributed by atoms with Gasteiger partial charge < -0.3 is 19.2 Å². The first-order chi connectivity index (χ1) is 13.0. The molecular formula is C20H17F2NO4. The number of carbonyl (C=O) groups excluding carboxylic acids is 1. The molecule has 0 aliphatic heterocycles. The molecule has 0 aliphatic rings. The summed E-state index contributed by atoms with van der Waals surface area (Å²) in [6.45, 7) is -0.878. The molecule has 5 nitrogen and oxygen atoms in total. The lowest BCUT2D eigenvalue weighted by Crippen LogP contribution is -2.13. The van der Waals surface area contributed by atoms with Gasteiger partial charge in [0.1, 0.15) is 23.9 Å². The normalized spacial score (nSPS) is 10.7. The Balaban J connectivity index is 1.63. The van der Waals surface area contributed by atoms with Gasteiger partial charge in [0.15, 0.2) is 5.76 Å². The highest BCUT2D eigenvalue weighted by Crippen LogP contribution is 2.26. The van der Waals surface area contributed by atoms with Crippen molar-refractivity contribution >= 4 is 11.6 Å².